The molecule has 0 bridgehead atoms. The fraction of sp³-hybridized carbons (Fsp3) is 0.480. The first-order chi connectivity index (χ1) is 16.2. The molecule has 2 aliphatic carbocycles. The molecule has 2 aromatic rings. The molecule has 182 valence electrons. The first-order valence-corrected chi connectivity index (χ1v) is 11.6. The van der Waals surface area contributed by atoms with Gasteiger partial charge in [-0.15, -0.1) is 0 Å². The van der Waals surface area contributed by atoms with Crippen molar-refractivity contribution in [1.82, 2.24) is 10.3 Å². The molecule has 1 heterocycles. The molecule has 0 aliphatic heterocycles. The molecule has 0 saturated heterocycles. The van der Waals surface area contributed by atoms with E-state index >= 15 is 0 Å². The molecular formula is C25H29F2N3O4. The van der Waals surface area contributed by atoms with Crippen LogP contribution in [0.5, 0.6) is 5.75 Å². The Balaban J connectivity index is 1.38. The van der Waals surface area contributed by atoms with Crippen molar-refractivity contribution < 1.29 is 28.2 Å². The fourth-order valence-corrected chi connectivity index (χ4v) is 4.36. The highest BCUT2D eigenvalue weighted by atomic mass is 19.3. The van der Waals surface area contributed by atoms with E-state index < -0.39 is 17.9 Å². The van der Waals surface area contributed by atoms with Gasteiger partial charge in [-0.3, -0.25) is 14.6 Å². The molecule has 7 nitrogen and oxygen atoms in total. The second-order valence-corrected chi connectivity index (χ2v) is 9.27. The molecule has 2 amide bonds. The van der Waals surface area contributed by atoms with Crippen LogP contribution in [0.3, 0.4) is 0 Å². The number of nitrogens with zero attached hydrogens (tertiary/aromatic N) is 1. The second kappa shape index (κ2) is 10.0. The average Bonchev–Trinajstić information content (AvgIpc) is 2.79. The van der Waals surface area contributed by atoms with Crippen LogP contribution in [-0.2, 0) is 0 Å². The largest absolute Gasteiger partial charge is 0.492 e. The number of aliphatic hydroxyl groups excluding tert-OH is 1. The van der Waals surface area contributed by atoms with E-state index in [9.17, 15) is 23.5 Å². The Labute approximate surface area is 196 Å². The van der Waals surface area contributed by atoms with Crippen LogP contribution in [0.4, 0.5) is 14.5 Å². The number of benzene rings is 1. The molecule has 1 aromatic carbocycles. The third-order valence-corrected chi connectivity index (χ3v) is 6.43. The first kappa shape index (κ1) is 24.1. The van der Waals surface area contributed by atoms with Crippen LogP contribution in [-0.4, -0.2) is 46.6 Å². The van der Waals surface area contributed by atoms with Gasteiger partial charge in [0, 0.05) is 36.2 Å². The molecule has 34 heavy (non-hydrogen) atoms. The molecule has 0 spiro atoms. The van der Waals surface area contributed by atoms with Crippen molar-refractivity contribution >= 4 is 17.5 Å². The number of anilines is 1. The van der Waals surface area contributed by atoms with Crippen molar-refractivity contribution in [2.24, 2.45) is 5.92 Å². The van der Waals surface area contributed by atoms with E-state index in [1.54, 1.807) is 18.2 Å². The van der Waals surface area contributed by atoms with Gasteiger partial charge >= 0.3 is 0 Å². The van der Waals surface area contributed by atoms with Gasteiger partial charge in [0.1, 0.15) is 5.75 Å². The van der Waals surface area contributed by atoms with E-state index in [1.807, 2.05) is 6.92 Å². The Morgan fingerprint density at radius 2 is 1.88 bits per heavy atom. The number of carbonyl (C=O) groups excluding carboxylic acids is 2. The summed E-state index contributed by atoms with van der Waals surface area (Å²) < 4.78 is 31.5. The summed E-state index contributed by atoms with van der Waals surface area (Å²) in [6.07, 6.45) is 5.20. The van der Waals surface area contributed by atoms with E-state index in [1.165, 1.54) is 18.5 Å². The number of aliphatic hydroxyl groups is 1. The van der Waals surface area contributed by atoms with Crippen molar-refractivity contribution in [3.05, 3.63) is 53.3 Å². The number of hydrogen-bond donors (Lipinski definition) is 3. The third-order valence-electron chi connectivity index (χ3n) is 6.43. The van der Waals surface area contributed by atoms with Crippen molar-refractivity contribution in [1.29, 1.82) is 0 Å². The first-order valence-electron chi connectivity index (χ1n) is 11.6. The van der Waals surface area contributed by atoms with E-state index in [0.717, 1.165) is 24.8 Å². The Bertz CT molecular complexity index is 1050. The van der Waals surface area contributed by atoms with Gasteiger partial charge in [-0.25, -0.2) is 8.78 Å². The lowest BCUT2D eigenvalue weighted by Gasteiger charge is -2.34. The molecule has 0 radical (unpaired) electrons. The minimum Gasteiger partial charge on any atom is -0.492 e. The summed E-state index contributed by atoms with van der Waals surface area (Å²) in [5.41, 5.74) is 1.88. The molecule has 2 aliphatic rings. The number of nitrogens with one attached hydrogen (secondary N) is 2. The number of halogens is 2. The van der Waals surface area contributed by atoms with E-state index in [-0.39, 0.29) is 42.9 Å². The SMILES string of the molecule is Cc1ccc(C(=O)N[C@H]2CCCC[C@@H]2O)cc1NC(=O)c1cncc(OCC2CC(F)(F)C2)c1. The summed E-state index contributed by atoms with van der Waals surface area (Å²) in [5.74, 6) is -3.22. The topological polar surface area (TPSA) is 101 Å². The highest BCUT2D eigenvalue weighted by molar-refractivity contribution is 6.05. The summed E-state index contributed by atoms with van der Waals surface area (Å²) in [6.45, 7) is 1.96. The van der Waals surface area contributed by atoms with Gasteiger partial charge in [-0.05, 0) is 43.5 Å². The monoisotopic (exact) mass is 473 g/mol. The Morgan fingerprint density at radius 1 is 1.12 bits per heavy atom. The Morgan fingerprint density at radius 3 is 2.62 bits per heavy atom. The molecule has 3 N–H and O–H groups in total. The maximum Gasteiger partial charge on any atom is 0.257 e. The minimum absolute atomic E-state index is 0.147. The third kappa shape index (κ3) is 5.88. The highest BCUT2D eigenvalue weighted by Gasteiger charge is 2.45. The van der Waals surface area contributed by atoms with Gasteiger partial charge in [0.2, 0.25) is 5.92 Å². The summed E-state index contributed by atoms with van der Waals surface area (Å²) in [5, 5.41) is 15.8. The molecule has 9 heteroatoms. The van der Waals surface area contributed by atoms with Gasteiger partial charge in [-0.1, -0.05) is 18.9 Å². The lowest BCUT2D eigenvalue weighted by Crippen LogP contribution is -2.45. The van der Waals surface area contributed by atoms with Gasteiger partial charge in [0.15, 0.2) is 0 Å². The average molecular weight is 474 g/mol. The predicted octanol–water partition coefficient (Wildman–Crippen LogP) is 4.10. The lowest BCUT2D eigenvalue weighted by molar-refractivity contribution is -0.119. The van der Waals surface area contributed by atoms with Crippen molar-refractivity contribution in [3.8, 4) is 5.75 Å². The van der Waals surface area contributed by atoms with Crippen LogP contribution in [0.1, 0.15) is 64.8 Å². The van der Waals surface area contributed by atoms with Gasteiger partial charge in [-0.2, -0.15) is 0 Å². The van der Waals surface area contributed by atoms with Crippen molar-refractivity contribution in [2.45, 2.75) is 63.5 Å². The quantitative estimate of drug-likeness (QED) is 0.562. The summed E-state index contributed by atoms with van der Waals surface area (Å²) in [4.78, 5) is 29.5. The summed E-state index contributed by atoms with van der Waals surface area (Å²) in [6, 6.07) is 6.25. The number of alkyl halides is 2. The van der Waals surface area contributed by atoms with Crippen LogP contribution < -0.4 is 15.4 Å². The van der Waals surface area contributed by atoms with E-state index in [0.29, 0.717) is 23.4 Å². The van der Waals surface area contributed by atoms with E-state index in [2.05, 4.69) is 15.6 Å². The van der Waals surface area contributed by atoms with E-state index in [4.69, 9.17) is 4.74 Å². The van der Waals surface area contributed by atoms with Gasteiger partial charge < -0.3 is 20.5 Å². The molecule has 1 aromatic heterocycles. The minimum atomic E-state index is -2.60. The van der Waals surface area contributed by atoms with Crippen LogP contribution >= 0.6 is 0 Å². The highest BCUT2D eigenvalue weighted by Crippen LogP contribution is 2.42. The summed E-state index contributed by atoms with van der Waals surface area (Å²) in [7, 11) is 0. The lowest BCUT2D eigenvalue weighted by atomic mass is 9.82. The van der Waals surface area contributed by atoms with Crippen LogP contribution in [0.2, 0.25) is 0 Å². The van der Waals surface area contributed by atoms with Gasteiger partial charge in [0.25, 0.3) is 11.8 Å². The molecule has 2 atom stereocenters. The molecule has 2 fully saturated rings. The number of pyridine rings is 1. The normalized spacial score (nSPS) is 21.9. The van der Waals surface area contributed by atoms with Crippen LogP contribution in [0.25, 0.3) is 0 Å². The predicted molar refractivity (Wildman–Crippen MR) is 122 cm³/mol. The maximum absolute atomic E-state index is 13.0. The van der Waals surface area contributed by atoms with Crippen LogP contribution in [0, 0.1) is 12.8 Å². The Hall–Kier alpha value is -3.07. The number of rotatable bonds is 7. The molecular weight excluding hydrogens is 444 g/mol. The molecule has 2 saturated carbocycles. The maximum atomic E-state index is 13.0. The van der Waals surface area contributed by atoms with Crippen LogP contribution in [0.15, 0.2) is 36.7 Å². The number of aryl methyl sites for hydroxylation is 1. The van der Waals surface area contributed by atoms with Gasteiger partial charge in [0.05, 0.1) is 30.5 Å². The number of ether oxygens (including phenoxy) is 1. The number of aromatic nitrogens is 1. The van der Waals surface area contributed by atoms with Crippen molar-refractivity contribution in [3.63, 3.8) is 0 Å². The molecule has 4 rings (SSSR count). The Kier molecular flexibility index (Phi) is 7.11. The summed E-state index contributed by atoms with van der Waals surface area (Å²) >= 11 is 0. The number of amides is 2. The second-order valence-electron chi connectivity index (χ2n) is 9.27. The number of hydrogen-bond acceptors (Lipinski definition) is 5. The van der Waals surface area contributed by atoms with Crippen molar-refractivity contribution in [2.75, 3.05) is 11.9 Å². The molecule has 0 unspecified atom stereocenters. The zero-order chi connectivity index (χ0) is 24.3. The zero-order valence-electron chi connectivity index (χ0n) is 19.0. The smallest absolute Gasteiger partial charge is 0.257 e. The zero-order valence-corrected chi connectivity index (χ0v) is 19.0. The fourth-order valence-electron chi connectivity index (χ4n) is 4.36. The number of carbonyl (C=O) groups is 2. The standard InChI is InChI=1S/C25H29F2N3O4/c1-15-6-7-17(23(32)29-20-4-2-3-5-22(20)31)9-21(15)30-24(33)18-8-19(13-28-12-18)34-14-16-10-25(26,27)11-16/h6-9,12-13,16,20,22,31H,2-5,10-11,14H2,1H3,(H,29,32)(H,30,33)/t20-,22-/m0/s1.